The molecule has 227 valence electrons. The van der Waals surface area contributed by atoms with Gasteiger partial charge in [-0.1, -0.05) is 33.4 Å². The minimum Gasteiger partial charge on any atom is -0.870 e. The van der Waals surface area contributed by atoms with Crippen molar-refractivity contribution in [3.63, 3.8) is 0 Å². The number of hydrogen-bond acceptors (Lipinski definition) is 8. The van der Waals surface area contributed by atoms with E-state index in [1.165, 1.54) is 0 Å². The predicted molar refractivity (Wildman–Crippen MR) is 168 cm³/mol. The first-order valence-corrected chi connectivity index (χ1v) is 12.6. The number of rotatable bonds is 8. The van der Waals surface area contributed by atoms with Crippen LogP contribution in [0.1, 0.15) is 22.3 Å². The number of methoxy groups -OCH3 is 2. The van der Waals surface area contributed by atoms with Crippen LogP contribution in [0.15, 0.2) is 117 Å². The van der Waals surface area contributed by atoms with Gasteiger partial charge in [-0.3, -0.25) is 0 Å². The molecule has 0 aliphatic rings. The molecule has 0 aliphatic carbocycles. The van der Waals surface area contributed by atoms with Crippen molar-refractivity contribution in [3.05, 3.63) is 129 Å². The normalized spacial score (nSPS) is 11.0. The Morgan fingerprint density at radius 2 is 0.860 bits per heavy atom. The molecule has 0 saturated carbocycles. The maximum atomic E-state index is 7.79. The van der Waals surface area contributed by atoms with E-state index < -0.39 is 0 Å². The van der Waals surface area contributed by atoms with Crippen molar-refractivity contribution in [1.29, 1.82) is 0 Å². The van der Waals surface area contributed by atoms with Gasteiger partial charge in [-0.25, -0.2) is 0 Å². The maximum Gasteiger partial charge on any atom is 2.00 e. The van der Waals surface area contributed by atoms with E-state index in [-0.39, 0.29) is 39.5 Å². The molecule has 0 aromatic heterocycles. The summed E-state index contributed by atoms with van der Waals surface area (Å²) in [7, 11) is 3.23. The van der Waals surface area contributed by atoms with E-state index in [4.69, 9.17) is 42.9 Å². The molecule has 43 heavy (non-hydrogen) atoms. The monoisotopic (exact) mass is 671 g/mol. The second kappa shape index (κ2) is 20.6. The van der Waals surface area contributed by atoms with Crippen molar-refractivity contribution < 1.29 is 47.4 Å². The second-order valence-corrected chi connectivity index (χ2v) is 8.82. The topological polar surface area (TPSA) is 174 Å². The van der Waals surface area contributed by atoms with Crippen LogP contribution in [-0.2, 0) is 16.8 Å². The molecule has 0 bridgehead atoms. The summed E-state index contributed by atoms with van der Waals surface area (Å²) in [6, 6.07) is 28.6. The summed E-state index contributed by atoms with van der Waals surface area (Å²) in [5.41, 5.74) is 3.11. The van der Waals surface area contributed by atoms with Crippen LogP contribution in [0.25, 0.3) is 0 Å². The van der Waals surface area contributed by atoms with Gasteiger partial charge in [0.2, 0.25) is 0 Å². The number of nitrogens with zero attached hydrogens (tertiary/aromatic N) is 4. The Kier molecular flexibility index (Phi) is 18.6. The molecular weight excluding hydrogens is 642 g/mol. The molecule has 0 heterocycles. The quantitative estimate of drug-likeness (QED) is 0.106. The third-order valence-corrected chi connectivity index (χ3v) is 5.70. The van der Waals surface area contributed by atoms with Crippen LogP contribution in [0.3, 0.4) is 0 Å². The van der Waals surface area contributed by atoms with Crippen molar-refractivity contribution in [2.24, 2.45) is 20.4 Å². The van der Waals surface area contributed by atoms with E-state index in [9.17, 15) is 0 Å². The Labute approximate surface area is 269 Å². The molecule has 0 fully saturated rings. The fourth-order valence-electron chi connectivity index (χ4n) is 3.02. The zero-order valence-electron chi connectivity index (χ0n) is 23.0. The van der Waals surface area contributed by atoms with Crippen LogP contribution in [0, 0.1) is 0 Å². The van der Waals surface area contributed by atoms with Crippen molar-refractivity contribution in [3.8, 4) is 11.5 Å². The Bertz CT molecular complexity index is 1370. The van der Waals surface area contributed by atoms with E-state index in [1.54, 1.807) is 75.2 Å². The average molecular weight is 672 g/mol. The van der Waals surface area contributed by atoms with Gasteiger partial charge in [-0.2, -0.15) is 10.2 Å². The summed E-state index contributed by atoms with van der Waals surface area (Å²) in [6.45, 7) is 0. The van der Waals surface area contributed by atoms with E-state index >= 15 is 0 Å². The fourth-order valence-corrected chi connectivity index (χ4v) is 3.27. The number of hydrogen-bond donors (Lipinski definition) is 0. The van der Waals surface area contributed by atoms with Gasteiger partial charge in [-0.05, 0) is 108 Å². The minimum absolute atomic E-state index is 0. The first-order valence-electron chi connectivity index (χ1n) is 11.8. The molecule has 6 N–H and O–H groups in total. The molecule has 0 atom stereocenters. The summed E-state index contributed by atoms with van der Waals surface area (Å²) in [6.07, 6.45) is 3.17. The molecule has 4 aromatic carbocycles. The summed E-state index contributed by atoms with van der Waals surface area (Å²) >= 11 is 11.6. The van der Waals surface area contributed by atoms with Gasteiger partial charge in [0.1, 0.15) is 11.5 Å². The molecule has 0 amide bonds. The van der Waals surface area contributed by atoms with Gasteiger partial charge in [0.05, 0.1) is 37.8 Å². The molecule has 13 heteroatoms. The Hall–Kier alpha value is -4.23. The third-order valence-electron chi connectivity index (χ3n) is 5.20. The van der Waals surface area contributed by atoms with Crippen molar-refractivity contribution >= 4 is 47.4 Å². The van der Waals surface area contributed by atoms with Crippen molar-refractivity contribution in [2.45, 2.75) is 0 Å². The molecule has 4 rings (SSSR count). The third kappa shape index (κ3) is 13.5. The van der Waals surface area contributed by atoms with Gasteiger partial charge >= 0.3 is 28.6 Å². The SMILES string of the molecule is COc1ccc(C=NN=C([OH2+])c2ccc(Cl)cc2)cc1.COc1ccc(C=NN=C([OH2+])c2ccc(Cl)cc2)cc1.[Co+2].[OH-].[OH-]. The van der Waals surface area contributed by atoms with E-state index in [0.29, 0.717) is 21.2 Å². The first kappa shape index (κ1) is 38.8. The molecular formula is C30H30Cl2CoN4O6+2. The van der Waals surface area contributed by atoms with Gasteiger partial charge in [0, 0.05) is 10.0 Å². The standard InChI is InChI=1S/2C15H13ClN2O2.Co.2H2O/c2*1-20-14-8-2-11(3-9-14)10-17-18-15(19)12-4-6-13(16)7-5-12;;;/h2*2-10H,1H3,(H,18,19);;2*1H2/q;;+2;;. The van der Waals surface area contributed by atoms with Crippen LogP contribution in [0.5, 0.6) is 11.5 Å². The van der Waals surface area contributed by atoms with E-state index in [0.717, 1.165) is 22.6 Å². The second-order valence-electron chi connectivity index (χ2n) is 7.95. The molecule has 10 nitrogen and oxygen atoms in total. The van der Waals surface area contributed by atoms with Crippen molar-refractivity contribution in [2.75, 3.05) is 14.2 Å². The summed E-state index contributed by atoms with van der Waals surface area (Å²) in [5.74, 6) is 1.75. The summed E-state index contributed by atoms with van der Waals surface area (Å²) < 4.78 is 10.1. The average Bonchev–Trinajstić information content (AvgIpc) is 2.99. The number of benzene rings is 4. The molecule has 0 saturated heterocycles. The van der Waals surface area contributed by atoms with Crippen LogP contribution in [-0.4, -0.2) is 59.6 Å². The maximum absolute atomic E-state index is 7.79. The first-order chi connectivity index (χ1) is 19.4. The van der Waals surface area contributed by atoms with Crippen LogP contribution in [0.2, 0.25) is 10.0 Å². The molecule has 1 radical (unpaired) electrons. The number of halogens is 2. The van der Waals surface area contributed by atoms with Gasteiger partial charge in [0.25, 0.3) is 0 Å². The zero-order chi connectivity index (χ0) is 28.7. The minimum atomic E-state index is 0. The van der Waals surface area contributed by atoms with Gasteiger partial charge in [-0.15, -0.1) is 0 Å². The Morgan fingerprint density at radius 1 is 0.558 bits per heavy atom. The van der Waals surface area contributed by atoms with Gasteiger partial charge in [0.15, 0.2) is 0 Å². The van der Waals surface area contributed by atoms with Crippen molar-refractivity contribution in [1.82, 2.24) is 0 Å². The molecule has 0 aliphatic heterocycles. The van der Waals surface area contributed by atoms with Crippen LogP contribution in [0.4, 0.5) is 0 Å². The van der Waals surface area contributed by atoms with E-state index in [2.05, 4.69) is 20.4 Å². The largest absolute Gasteiger partial charge is 2.00 e. The summed E-state index contributed by atoms with van der Waals surface area (Å²) in [4.78, 5) is 0. The van der Waals surface area contributed by atoms with E-state index in [1.807, 2.05) is 48.5 Å². The Morgan fingerprint density at radius 3 is 1.14 bits per heavy atom. The fraction of sp³-hybridized carbons (Fsp3) is 0.0667. The molecule has 0 spiro atoms. The number of ether oxygens (including phenoxy) is 2. The Balaban J connectivity index is 0.000000767. The molecule has 4 aromatic rings. The predicted octanol–water partition coefficient (Wildman–Crippen LogP) is 5.35. The molecule has 0 unspecified atom stereocenters. The van der Waals surface area contributed by atoms with Crippen LogP contribution >= 0.6 is 23.2 Å². The summed E-state index contributed by atoms with van der Waals surface area (Å²) in [5, 5.41) is 32.3. The zero-order valence-corrected chi connectivity index (χ0v) is 25.5. The smallest absolute Gasteiger partial charge is 0.870 e. The van der Waals surface area contributed by atoms with Gasteiger partial charge < -0.3 is 30.6 Å². The van der Waals surface area contributed by atoms with Crippen LogP contribution < -0.4 is 9.47 Å².